The number of nitrogens with zero attached hydrogens (tertiary/aromatic N) is 3. The Labute approximate surface area is 149 Å². The van der Waals surface area contributed by atoms with Crippen LogP contribution >= 0.6 is 24.8 Å². The molecule has 2 heterocycles. The van der Waals surface area contributed by atoms with Crippen molar-refractivity contribution in [3.05, 3.63) is 48.2 Å². The Balaban J connectivity index is 0.00000132. The molecule has 2 aromatic rings. The van der Waals surface area contributed by atoms with Crippen molar-refractivity contribution < 1.29 is 0 Å². The molecule has 126 valence electrons. The van der Waals surface area contributed by atoms with Gasteiger partial charge >= 0.3 is 0 Å². The molecule has 0 bridgehead atoms. The second-order valence-corrected chi connectivity index (χ2v) is 5.55. The van der Waals surface area contributed by atoms with Gasteiger partial charge in [-0.05, 0) is 42.7 Å². The summed E-state index contributed by atoms with van der Waals surface area (Å²) in [6, 6.07) is 12.5. The Morgan fingerprint density at radius 1 is 1.13 bits per heavy atom. The van der Waals surface area contributed by atoms with Crippen LogP contribution in [-0.2, 0) is 6.54 Å². The Kier molecular flexibility index (Phi) is 8.09. The lowest BCUT2D eigenvalue weighted by Gasteiger charge is -2.32. The van der Waals surface area contributed by atoms with Gasteiger partial charge in [0.05, 0.1) is 0 Å². The summed E-state index contributed by atoms with van der Waals surface area (Å²) in [5, 5.41) is 11.4. The van der Waals surface area contributed by atoms with Crippen LogP contribution in [0.25, 0.3) is 0 Å². The van der Waals surface area contributed by atoms with E-state index >= 15 is 0 Å². The molecule has 1 fully saturated rings. The Morgan fingerprint density at radius 3 is 2.57 bits per heavy atom. The summed E-state index contributed by atoms with van der Waals surface area (Å²) in [6.45, 7) is 3.16. The number of nitrogen functional groups attached to an aromatic ring is 1. The summed E-state index contributed by atoms with van der Waals surface area (Å²) < 4.78 is 0. The van der Waals surface area contributed by atoms with E-state index in [1.807, 2.05) is 24.3 Å². The number of halogens is 2. The standard InChI is InChI=1S/C16H21N5.2ClH/c17-14-4-1-3-13(11-14)12-21-9-6-15(7-10-21)19-16-5-2-8-18-20-16;;/h1-5,8,11,15H,6-7,9-10,12,17H2,(H,19,20);2*1H. The molecular formula is C16H23Cl2N5. The van der Waals surface area contributed by atoms with Gasteiger partial charge in [0.1, 0.15) is 5.82 Å². The fourth-order valence-corrected chi connectivity index (χ4v) is 2.77. The molecule has 1 aromatic carbocycles. The van der Waals surface area contributed by atoms with E-state index in [-0.39, 0.29) is 24.8 Å². The van der Waals surface area contributed by atoms with Gasteiger partial charge in [0.15, 0.2) is 0 Å². The van der Waals surface area contributed by atoms with Crippen molar-refractivity contribution >= 4 is 36.3 Å². The maximum Gasteiger partial charge on any atom is 0.148 e. The first-order valence-corrected chi connectivity index (χ1v) is 7.40. The van der Waals surface area contributed by atoms with Crippen molar-refractivity contribution in [3.63, 3.8) is 0 Å². The zero-order valence-corrected chi connectivity index (χ0v) is 14.5. The fraction of sp³-hybridized carbons (Fsp3) is 0.375. The van der Waals surface area contributed by atoms with E-state index in [2.05, 4.69) is 32.5 Å². The van der Waals surface area contributed by atoms with Gasteiger partial charge in [-0.25, -0.2) is 0 Å². The van der Waals surface area contributed by atoms with Crippen LogP contribution in [0, 0.1) is 0 Å². The molecule has 1 aliphatic heterocycles. The highest BCUT2D eigenvalue weighted by Gasteiger charge is 2.19. The molecule has 3 N–H and O–H groups in total. The Bertz CT molecular complexity index is 574. The molecule has 0 saturated carbocycles. The predicted molar refractivity (Wildman–Crippen MR) is 99.3 cm³/mol. The molecule has 5 nitrogen and oxygen atoms in total. The topological polar surface area (TPSA) is 67.1 Å². The smallest absolute Gasteiger partial charge is 0.148 e. The number of aromatic nitrogens is 2. The quantitative estimate of drug-likeness (QED) is 0.825. The van der Waals surface area contributed by atoms with Gasteiger partial charge in [-0.1, -0.05) is 12.1 Å². The van der Waals surface area contributed by atoms with Crippen LogP contribution < -0.4 is 11.1 Å². The third-order valence-electron chi connectivity index (χ3n) is 3.87. The number of nitrogens with two attached hydrogens (primary N) is 1. The molecule has 1 aromatic heterocycles. The van der Waals surface area contributed by atoms with Crippen LogP contribution in [-0.4, -0.2) is 34.2 Å². The lowest BCUT2D eigenvalue weighted by molar-refractivity contribution is 0.211. The van der Waals surface area contributed by atoms with Crippen molar-refractivity contribution in [2.24, 2.45) is 0 Å². The highest BCUT2D eigenvalue weighted by Crippen LogP contribution is 2.17. The van der Waals surface area contributed by atoms with Crippen LogP contribution in [0.4, 0.5) is 11.5 Å². The largest absolute Gasteiger partial charge is 0.399 e. The lowest BCUT2D eigenvalue weighted by atomic mass is 10.0. The number of hydrogen-bond acceptors (Lipinski definition) is 5. The van der Waals surface area contributed by atoms with Crippen LogP contribution in [0.1, 0.15) is 18.4 Å². The van der Waals surface area contributed by atoms with Crippen LogP contribution in [0.2, 0.25) is 0 Å². The normalized spacial score (nSPS) is 15.3. The maximum absolute atomic E-state index is 5.83. The zero-order valence-electron chi connectivity index (χ0n) is 12.9. The molecule has 1 aliphatic rings. The van der Waals surface area contributed by atoms with Gasteiger partial charge in [0, 0.05) is 37.6 Å². The van der Waals surface area contributed by atoms with Gasteiger partial charge in [0.2, 0.25) is 0 Å². The highest BCUT2D eigenvalue weighted by atomic mass is 35.5. The Hall–Kier alpha value is -1.56. The van der Waals surface area contributed by atoms with E-state index in [1.165, 1.54) is 5.56 Å². The number of rotatable bonds is 4. The first-order valence-electron chi connectivity index (χ1n) is 7.40. The van der Waals surface area contributed by atoms with E-state index in [1.54, 1.807) is 6.20 Å². The monoisotopic (exact) mass is 355 g/mol. The highest BCUT2D eigenvalue weighted by molar-refractivity contribution is 5.85. The van der Waals surface area contributed by atoms with Gasteiger partial charge in [-0.15, -0.1) is 29.9 Å². The molecule has 0 spiro atoms. The van der Waals surface area contributed by atoms with Gasteiger partial charge < -0.3 is 11.1 Å². The first-order chi connectivity index (χ1) is 10.3. The number of nitrogens with one attached hydrogen (secondary N) is 1. The molecule has 0 amide bonds. The average Bonchev–Trinajstić information content (AvgIpc) is 2.50. The molecule has 23 heavy (non-hydrogen) atoms. The second kappa shape index (κ2) is 9.55. The van der Waals surface area contributed by atoms with E-state index < -0.39 is 0 Å². The second-order valence-electron chi connectivity index (χ2n) is 5.55. The van der Waals surface area contributed by atoms with Crippen LogP contribution in [0.15, 0.2) is 42.6 Å². The number of piperidine rings is 1. The minimum absolute atomic E-state index is 0. The van der Waals surface area contributed by atoms with E-state index in [0.29, 0.717) is 6.04 Å². The van der Waals surface area contributed by atoms with Crippen LogP contribution in [0.3, 0.4) is 0 Å². The SMILES string of the molecule is Cl.Cl.Nc1cccc(CN2CCC(Nc3cccnn3)CC2)c1. The minimum atomic E-state index is 0. The van der Waals surface area contributed by atoms with Crippen molar-refractivity contribution in [1.29, 1.82) is 0 Å². The Morgan fingerprint density at radius 2 is 1.91 bits per heavy atom. The van der Waals surface area contributed by atoms with Gasteiger partial charge in [-0.2, -0.15) is 5.10 Å². The molecular weight excluding hydrogens is 333 g/mol. The summed E-state index contributed by atoms with van der Waals surface area (Å²) in [6.07, 6.45) is 3.94. The average molecular weight is 356 g/mol. The predicted octanol–water partition coefficient (Wildman–Crippen LogP) is 2.98. The summed E-state index contributed by atoms with van der Waals surface area (Å²) in [7, 11) is 0. The van der Waals surface area contributed by atoms with Crippen molar-refractivity contribution in [2.45, 2.75) is 25.4 Å². The van der Waals surface area contributed by atoms with Crippen molar-refractivity contribution in [2.75, 3.05) is 24.1 Å². The summed E-state index contributed by atoms with van der Waals surface area (Å²) in [5.41, 5.74) is 7.96. The van der Waals surface area contributed by atoms with Crippen molar-refractivity contribution in [3.8, 4) is 0 Å². The molecule has 0 unspecified atom stereocenters. The summed E-state index contributed by atoms with van der Waals surface area (Å²) in [5.74, 6) is 0.867. The van der Waals surface area contributed by atoms with E-state index in [4.69, 9.17) is 5.73 Å². The fourth-order valence-electron chi connectivity index (χ4n) is 2.77. The summed E-state index contributed by atoms with van der Waals surface area (Å²) >= 11 is 0. The summed E-state index contributed by atoms with van der Waals surface area (Å²) in [4.78, 5) is 2.48. The first kappa shape index (κ1) is 19.5. The third kappa shape index (κ3) is 5.86. The third-order valence-corrected chi connectivity index (χ3v) is 3.87. The number of likely N-dealkylation sites (tertiary alicyclic amines) is 1. The van der Waals surface area contributed by atoms with Gasteiger partial charge in [0.25, 0.3) is 0 Å². The molecule has 7 heteroatoms. The minimum Gasteiger partial charge on any atom is -0.399 e. The maximum atomic E-state index is 5.83. The van der Waals surface area contributed by atoms with Crippen LogP contribution in [0.5, 0.6) is 0 Å². The zero-order chi connectivity index (χ0) is 14.5. The number of anilines is 2. The van der Waals surface area contributed by atoms with Gasteiger partial charge in [-0.3, -0.25) is 4.90 Å². The van der Waals surface area contributed by atoms with Crippen molar-refractivity contribution in [1.82, 2.24) is 15.1 Å². The number of benzene rings is 1. The molecule has 0 atom stereocenters. The lowest BCUT2D eigenvalue weighted by Crippen LogP contribution is -2.38. The molecule has 0 radical (unpaired) electrons. The van der Waals surface area contributed by atoms with E-state index in [0.717, 1.165) is 44.0 Å². The number of hydrogen-bond donors (Lipinski definition) is 2. The van der Waals surface area contributed by atoms with E-state index in [9.17, 15) is 0 Å². The molecule has 0 aliphatic carbocycles. The molecule has 1 saturated heterocycles. The molecule has 3 rings (SSSR count).